The largest absolute Gasteiger partial charge is 0.503 e. The minimum atomic E-state index is -1.17. The van der Waals surface area contributed by atoms with Crippen molar-refractivity contribution in [3.8, 4) is 5.75 Å². The van der Waals surface area contributed by atoms with Gasteiger partial charge in [0.2, 0.25) is 5.78 Å². The average Bonchev–Trinajstić information content (AvgIpc) is 3.54. The van der Waals surface area contributed by atoms with E-state index < -0.39 is 35.1 Å². The number of aliphatic hydroxyl groups excluding tert-OH is 1. The Labute approximate surface area is 200 Å². The highest BCUT2D eigenvalue weighted by Crippen LogP contribution is 2.44. The molecule has 0 saturated carbocycles. The predicted octanol–water partition coefficient (Wildman–Crippen LogP) is 6.22. The fourth-order valence-corrected chi connectivity index (χ4v) is 4.98. The number of nitrogens with zero attached hydrogens (tertiary/aromatic N) is 1. The molecule has 172 valence electrons. The number of thiophene rings is 1. The van der Waals surface area contributed by atoms with Crippen LogP contribution >= 0.6 is 22.9 Å². The fourth-order valence-electron chi connectivity index (χ4n) is 3.94. The van der Waals surface area contributed by atoms with Gasteiger partial charge in [0.15, 0.2) is 34.5 Å². The molecule has 0 aliphatic carbocycles. The number of Topliss-reactive ketones (excluding diaryl/α,β-unsaturated/α-hetero) is 1. The summed E-state index contributed by atoms with van der Waals surface area (Å²) in [4.78, 5) is 28.2. The van der Waals surface area contributed by atoms with Crippen molar-refractivity contribution in [3.63, 3.8) is 0 Å². The number of rotatable bonds is 5. The van der Waals surface area contributed by atoms with Crippen LogP contribution in [0.25, 0.3) is 11.0 Å². The highest BCUT2D eigenvalue weighted by molar-refractivity contribution is 7.10. The molecular formula is C24H14ClF2NO5S. The van der Waals surface area contributed by atoms with E-state index in [1.807, 2.05) is 0 Å². The van der Waals surface area contributed by atoms with Crippen LogP contribution in [0.1, 0.15) is 21.5 Å². The highest BCUT2D eigenvalue weighted by atomic mass is 35.5. The summed E-state index contributed by atoms with van der Waals surface area (Å²) in [5.41, 5.74) is 0.000749. The second kappa shape index (κ2) is 8.27. The number of carbonyl (C=O) groups excluding carboxylic acids is 2. The number of methoxy groups -OCH3 is 1. The lowest BCUT2D eigenvalue weighted by Gasteiger charge is -2.25. The van der Waals surface area contributed by atoms with E-state index >= 15 is 0 Å². The zero-order valence-electron chi connectivity index (χ0n) is 17.3. The molecule has 0 saturated heterocycles. The molecule has 5 rings (SSSR count). The molecule has 1 aliphatic rings. The zero-order chi connectivity index (χ0) is 24.1. The number of carbonyl (C=O) groups is 2. The number of fused-ring (bicyclic) bond motifs is 1. The number of anilines is 1. The number of hydrogen-bond donors (Lipinski definition) is 1. The van der Waals surface area contributed by atoms with Gasteiger partial charge in [-0.2, -0.15) is 0 Å². The van der Waals surface area contributed by atoms with E-state index in [-0.39, 0.29) is 22.6 Å². The molecule has 4 aromatic rings. The third-order valence-electron chi connectivity index (χ3n) is 5.44. The summed E-state index contributed by atoms with van der Waals surface area (Å²) < 4.78 is 38.5. The van der Waals surface area contributed by atoms with Gasteiger partial charge in [-0.1, -0.05) is 17.7 Å². The average molecular weight is 502 g/mol. The van der Waals surface area contributed by atoms with Crippen molar-refractivity contribution < 1.29 is 32.6 Å². The summed E-state index contributed by atoms with van der Waals surface area (Å²) in [5, 5.41) is 13.3. The van der Waals surface area contributed by atoms with E-state index in [4.69, 9.17) is 20.8 Å². The van der Waals surface area contributed by atoms with E-state index in [1.165, 1.54) is 36.6 Å². The quantitative estimate of drug-likeness (QED) is 0.328. The van der Waals surface area contributed by atoms with E-state index in [0.29, 0.717) is 21.0 Å². The van der Waals surface area contributed by atoms with Gasteiger partial charge in [0.1, 0.15) is 6.04 Å². The molecular weight excluding hydrogens is 488 g/mol. The maximum atomic E-state index is 14.0. The van der Waals surface area contributed by atoms with Crippen molar-refractivity contribution in [1.29, 1.82) is 0 Å². The van der Waals surface area contributed by atoms with Crippen LogP contribution in [0.5, 0.6) is 5.75 Å². The van der Waals surface area contributed by atoms with Gasteiger partial charge < -0.3 is 14.3 Å². The molecule has 3 heterocycles. The predicted molar refractivity (Wildman–Crippen MR) is 123 cm³/mol. The summed E-state index contributed by atoms with van der Waals surface area (Å²) in [6, 6.07) is 9.74. The van der Waals surface area contributed by atoms with Crippen molar-refractivity contribution in [3.05, 3.63) is 92.5 Å². The first kappa shape index (κ1) is 22.1. The molecule has 2 aromatic carbocycles. The third kappa shape index (κ3) is 3.44. The Morgan fingerprint density at radius 2 is 1.97 bits per heavy atom. The van der Waals surface area contributed by atoms with Gasteiger partial charge in [-0.15, -0.1) is 11.3 Å². The number of ketones is 1. The number of hydrogen-bond acceptors (Lipinski definition) is 6. The van der Waals surface area contributed by atoms with Gasteiger partial charge in [-0.05, 0) is 35.7 Å². The Balaban J connectivity index is 1.65. The maximum absolute atomic E-state index is 14.0. The molecule has 34 heavy (non-hydrogen) atoms. The molecule has 1 N–H and O–H groups in total. The second-order valence-electron chi connectivity index (χ2n) is 7.42. The van der Waals surface area contributed by atoms with Crippen LogP contribution in [0.15, 0.2) is 69.7 Å². The summed E-state index contributed by atoms with van der Waals surface area (Å²) in [7, 11) is 1.42. The van der Waals surface area contributed by atoms with Gasteiger partial charge in [0, 0.05) is 33.1 Å². The van der Waals surface area contributed by atoms with Crippen LogP contribution in [-0.2, 0) is 4.79 Å². The number of benzene rings is 2. The molecule has 1 amide bonds. The minimum Gasteiger partial charge on any atom is -0.503 e. The molecule has 1 unspecified atom stereocenters. The van der Waals surface area contributed by atoms with Crippen molar-refractivity contribution >= 4 is 51.3 Å². The SMILES string of the molecule is COc1cc(Cl)cc2cc(C(=O)C3=C(O)C(=O)N(c4ccc(F)c(F)c4)C3c3cccs3)oc12. The van der Waals surface area contributed by atoms with Crippen molar-refractivity contribution in [1.82, 2.24) is 0 Å². The van der Waals surface area contributed by atoms with Crippen LogP contribution in [0.4, 0.5) is 14.5 Å². The molecule has 1 atom stereocenters. The first-order valence-electron chi connectivity index (χ1n) is 9.87. The van der Waals surface area contributed by atoms with Gasteiger partial charge in [0.05, 0.1) is 12.7 Å². The fraction of sp³-hybridized carbons (Fsp3) is 0.0833. The molecule has 1 aliphatic heterocycles. The van der Waals surface area contributed by atoms with Crippen molar-refractivity contribution in [2.45, 2.75) is 6.04 Å². The van der Waals surface area contributed by atoms with Crippen LogP contribution in [0.3, 0.4) is 0 Å². The summed E-state index contributed by atoms with van der Waals surface area (Å²) in [5.74, 6) is -4.59. The van der Waals surface area contributed by atoms with Gasteiger partial charge >= 0.3 is 0 Å². The smallest absolute Gasteiger partial charge is 0.294 e. The lowest BCUT2D eigenvalue weighted by atomic mass is 10.00. The van der Waals surface area contributed by atoms with Crippen molar-refractivity contribution in [2.24, 2.45) is 0 Å². The summed E-state index contributed by atoms with van der Waals surface area (Å²) >= 11 is 7.33. The van der Waals surface area contributed by atoms with E-state index in [0.717, 1.165) is 17.0 Å². The second-order valence-corrected chi connectivity index (χ2v) is 8.84. The Morgan fingerprint density at radius 1 is 1.18 bits per heavy atom. The van der Waals surface area contributed by atoms with Crippen LogP contribution in [-0.4, -0.2) is 23.9 Å². The Bertz CT molecular complexity index is 1490. The number of amides is 1. The molecule has 10 heteroatoms. The zero-order valence-corrected chi connectivity index (χ0v) is 18.9. The minimum absolute atomic E-state index is 0.0188. The van der Waals surface area contributed by atoms with E-state index in [1.54, 1.807) is 23.6 Å². The molecule has 0 bridgehead atoms. The van der Waals surface area contributed by atoms with Crippen LogP contribution in [0.2, 0.25) is 5.02 Å². The van der Waals surface area contributed by atoms with Gasteiger partial charge in [-0.3, -0.25) is 14.5 Å². The molecule has 2 aromatic heterocycles. The lowest BCUT2D eigenvalue weighted by Crippen LogP contribution is -2.30. The highest BCUT2D eigenvalue weighted by Gasteiger charge is 2.46. The summed E-state index contributed by atoms with van der Waals surface area (Å²) in [6.07, 6.45) is 0. The maximum Gasteiger partial charge on any atom is 0.294 e. The third-order valence-corrected chi connectivity index (χ3v) is 6.58. The number of furan rings is 1. The van der Waals surface area contributed by atoms with E-state index in [2.05, 4.69) is 0 Å². The standard InChI is InChI=1S/C24H14ClF2NO5S/c1-32-17-9-12(25)7-11-8-16(33-23(11)17)21(29)19-20(18-3-2-6-34-18)28(24(31)22(19)30)13-4-5-14(26)15(27)10-13/h2-10,20,30H,1H3. The molecule has 0 fully saturated rings. The Kier molecular flexibility index (Phi) is 5.38. The number of aliphatic hydroxyl groups is 1. The van der Waals surface area contributed by atoms with Gasteiger partial charge in [0.25, 0.3) is 5.91 Å². The number of ether oxygens (including phenoxy) is 1. The van der Waals surface area contributed by atoms with Crippen LogP contribution < -0.4 is 9.64 Å². The van der Waals surface area contributed by atoms with E-state index in [9.17, 15) is 23.5 Å². The van der Waals surface area contributed by atoms with Crippen LogP contribution in [0, 0.1) is 11.6 Å². The normalized spacial score (nSPS) is 16.1. The molecule has 0 spiro atoms. The first-order valence-corrected chi connectivity index (χ1v) is 11.1. The monoisotopic (exact) mass is 501 g/mol. The molecule has 6 nitrogen and oxygen atoms in total. The lowest BCUT2D eigenvalue weighted by molar-refractivity contribution is -0.117. The topological polar surface area (TPSA) is 80.0 Å². The summed E-state index contributed by atoms with van der Waals surface area (Å²) in [6.45, 7) is 0. The number of halogens is 3. The van der Waals surface area contributed by atoms with Crippen molar-refractivity contribution in [2.75, 3.05) is 12.0 Å². The Hall–Kier alpha value is -3.69. The first-order chi connectivity index (χ1) is 16.3. The Morgan fingerprint density at radius 3 is 2.65 bits per heavy atom. The molecule has 0 radical (unpaired) electrons. The van der Waals surface area contributed by atoms with Gasteiger partial charge in [-0.25, -0.2) is 8.78 Å².